The number of unbranched alkanes of at least 4 members (excludes halogenated alkanes) is 1. The zero-order valence-electron chi connectivity index (χ0n) is 10.9. The Hall–Kier alpha value is -1.07. The highest BCUT2D eigenvalue weighted by molar-refractivity contribution is 5.92. The first kappa shape index (κ1) is 15.0. The van der Waals surface area contributed by atoms with Crippen LogP contribution in [-0.2, 0) is 13.5 Å². The Bertz CT molecular complexity index is 430. The number of rotatable bonds is 4. The molecular formula is C12H21ClN4O. The third-order valence-corrected chi connectivity index (χ3v) is 3.39. The van der Waals surface area contributed by atoms with E-state index in [2.05, 4.69) is 17.3 Å². The topological polar surface area (TPSA) is 72.9 Å². The van der Waals surface area contributed by atoms with E-state index in [1.54, 1.807) is 4.68 Å². The number of hydrogen-bond acceptors (Lipinski definition) is 3. The van der Waals surface area contributed by atoms with Crippen LogP contribution in [0.2, 0.25) is 0 Å². The number of nitrogens with one attached hydrogen (secondary N) is 1. The first-order chi connectivity index (χ1) is 8.15. The number of halogens is 1. The van der Waals surface area contributed by atoms with Gasteiger partial charge in [0.1, 0.15) is 0 Å². The second kappa shape index (κ2) is 6.20. The van der Waals surface area contributed by atoms with Crippen molar-refractivity contribution >= 4 is 18.3 Å². The fourth-order valence-corrected chi connectivity index (χ4v) is 2.54. The largest absolute Gasteiger partial charge is 0.364 e. The van der Waals surface area contributed by atoms with E-state index >= 15 is 0 Å². The SMILES string of the molecule is CCCCC1NCCc2c1c(C(N)=O)nn2C.Cl. The van der Waals surface area contributed by atoms with Gasteiger partial charge in [-0.05, 0) is 6.42 Å². The van der Waals surface area contributed by atoms with Gasteiger partial charge >= 0.3 is 0 Å². The maximum absolute atomic E-state index is 11.4. The van der Waals surface area contributed by atoms with E-state index < -0.39 is 5.91 Å². The van der Waals surface area contributed by atoms with E-state index in [0.29, 0.717) is 5.69 Å². The van der Waals surface area contributed by atoms with Crippen LogP contribution in [0.1, 0.15) is 54.0 Å². The molecule has 2 heterocycles. The lowest BCUT2D eigenvalue weighted by molar-refractivity contribution is 0.0993. The summed E-state index contributed by atoms with van der Waals surface area (Å²) in [7, 11) is 1.88. The maximum atomic E-state index is 11.4. The van der Waals surface area contributed by atoms with Crippen LogP contribution in [0, 0.1) is 0 Å². The Morgan fingerprint density at radius 3 is 2.94 bits per heavy atom. The van der Waals surface area contributed by atoms with Gasteiger partial charge in [0, 0.05) is 37.3 Å². The summed E-state index contributed by atoms with van der Waals surface area (Å²) in [6.07, 6.45) is 4.24. The van der Waals surface area contributed by atoms with Crippen LogP contribution < -0.4 is 11.1 Å². The molecule has 5 nitrogen and oxygen atoms in total. The predicted octanol–water partition coefficient (Wildman–Crippen LogP) is 1.32. The molecule has 0 bridgehead atoms. The molecule has 6 heteroatoms. The number of carbonyl (C=O) groups excluding carboxylic acids is 1. The fraction of sp³-hybridized carbons (Fsp3) is 0.667. The van der Waals surface area contributed by atoms with Crippen LogP contribution in [0.15, 0.2) is 0 Å². The smallest absolute Gasteiger partial charge is 0.269 e. The molecule has 0 spiro atoms. The average Bonchev–Trinajstić information content (AvgIpc) is 2.65. The second-order valence-electron chi connectivity index (χ2n) is 4.60. The number of aromatic nitrogens is 2. The number of hydrogen-bond donors (Lipinski definition) is 2. The van der Waals surface area contributed by atoms with E-state index in [1.165, 1.54) is 0 Å². The standard InChI is InChI=1S/C12H20N4O.ClH/c1-3-4-5-8-10-9(6-7-14-8)16(2)15-11(10)12(13)17;/h8,14H,3-7H2,1-2H3,(H2,13,17);1H. The molecular weight excluding hydrogens is 252 g/mol. The summed E-state index contributed by atoms with van der Waals surface area (Å²) < 4.78 is 1.80. The van der Waals surface area contributed by atoms with E-state index in [9.17, 15) is 4.79 Å². The van der Waals surface area contributed by atoms with Gasteiger partial charge in [-0.1, -0.05) is 19.8 Å². The minimum absolute atomic E-state index is 0. The summed E-state index contributed by atoms with van der Waals surface area (Å²) in [5.41, 5.74) is 8.02. The van der Waals surface area contributed by atoms with Crippen LogP contribution in [0.25, 0.3) is 0 Å². The summed E-state index contributed by atoms with van der Waals surface area (Å²) in [6, 6.07) is 0.231. The molecule has 1 aliphatic rings. The van der Waals surface area contributed by atoms with Crippen molar-refractivity contribution in [3.05, 3.63) is 17.0 Å². The Labute approximate surface area is 114 Å². The van der Waals surface area contributed by atoms with Gasteiger partial charge in [-0.3, -0.25) is 9.48 Å². The molecule has 1 unspecified atom stereocenters. The summed E-state index contributed by atoms with van der Waals surface area (Å²) >= 11 is 0. The molecule has 1 amide bonds. The van der Waals surface area contributed by atoms with Crippen molar-refractivity contribution in [2.75, 3.05) is 6.54 Å². The highest BCUT2D eigenvalue weighted by atomic mass is 35.5. The summed E-state index contributed by atoms with van der Waals surface area (Å²) in [6.45, 7) is 3.11. The molecule has 2 rings (SSSR count). The average molecular weight is 273 g/mol. The van der Waals surface area contributed by atoms with Crippen molar-refractivity contribution < 1.29 is 4.79 Å². The van der Waals surface area contributed by atoms with Crippen molar-refractivity contribution in [2.24, 2.45) is 12.8 Å². The third-order valence-electron chi connectivity index (χ3n) is 3.39. The Kier molecular flexibility index (Phi) is 5.16. The van der Waals surface area contributed by atoms with Gasteiger partial charge in [-0.15, -0.1) is 12.4 Å². The van der Waals surface area contributed by atoms with Gasteiger partial charge < -0.3 is 11.1 Å². The number of nitrogens with two attached hydrogens (primary N) is 1. The molecule has 0 saturated carbocycles. The monoisotopic (exact) mass is 272 g/mol. The molecule has 1 atom stereocenters. The van der Waals surface area contributed by atoms with Gasteiger partial charge in [0.05, 0.1) is 0 Å². The van der Waals surface area contributed by atoms with Crippen LogP contribution in [-0.4, -0.2) is 22.2 Å². The first-order valence-electron chi connectivity index (χ1n) is 6.24. The number of nitrogens with zero attached hydrogens (tertiary/aromatic N) is 2. The lowest BCUT2D eigenvalue weighted by atomic mass is 9.94. The Balaban J connectivity index is 0.00000162. The van der Waals surface area contributed by atoms with Crippen molar-refractivity contribution in [1.82, 2.24) is 15.1 Å². The zero-order valence-corrected chi connectivity index (χ0v) is 11.7. The molecule has 3 N–H and O–H groups in total. The number of amides is 1. The fourth-order valence-electron chi connectivity index (χ4n) is 2.54. The lowest BCUT2D eigenvalue weighted by Gasteiger charge is -2.24. The second-order valence-corrected chi connectivity index (χ2v) is 4.60. The van der Waals surface area contributed by atoms with Crippen LogP contribution in [0.5, 0.6) is 0 Å². The molecule has 18 heavy (non-hydrogen) atoms. The summed E-state index contributed by atoms with van der Waals surface area (Å²) in [5, 5.41) is 7.71. The number of aryl methyl sites for hydroxylation is 1. The highest BCUT2D eigenvalue weighted by Crippen LogP contribution is 2.29. The first-order valence-corrected chi connectivity index (χ1v) is 6.24. The van der Waals surface area contributed by atoms with E-state index in [-0.39, 0.29) is 18.4 Å². The number of fused-ring (bicyclic) bond motifs is 1. The molecule has 0 fully saturated rings. The van der Waals surface area contributed by atoms with Crippen molar-refractivity contribution in [2.45, 2.75) is 38.6 Å². The van der Waals surface area contributed by atoms with Gasteiger partial charge in [0.15, 0.2) is 5.69 Å². The Morgan fingerprint density at radius 1 is 1.61 bits per heavy atom. The molecule has 0 radical (unpaired) electrons. The maximum Gasteiger partial charge on any atom is 0.269 e. The molecule has 0 aliphatic carbocycles. The lowest BCUT2D eigenvalue weighted by Crippen LogP contribution is -2.31. The van der Waals surface area contributed by atoms with E-state index in [4.69, 9.17) is 5.73 Å². The molecule has 1 aromatic heterocycles. The zero-order chi connectivity index (χ0) is 12.4. The molecule has 0 aromatic carbocycles. The normalized spacial score (nSPS) is 18.0. The van der Waals surface area contributed by atoms with Crippen LogP contribution in [0.3, 0.4) is 0 Å². The summed E-state index contributed by atoms with van der Waals surface area (Å²) in [4.78, 5) is 11.4. The van der Waals surface area contributed by atoms with E-state index in [0.717, 1.165) is 43.5 Å². The Morgan fingerprint density at radius 2 is 2.33 bits per heavy atom. The number of primary amides is 1. The van der Waals surface area contributed by atoms with Crippen molar-refractivity contribution in [1.29, 1.82) is 0 Å². The van der Waals surface area contributed by atoms with Gasteiger partial charge in [0.25, 0.3) is 5.91 Å². The highest BCUT2D eigenvalue weighted by Gasteiger charge is 2.28. The summed E-state index contributed by atoms with van der Waals surface area (Å²) in [5.74, 6) is -0.424. The van der Waals surface area contributed by atoms with Gasteiger partial charge in [-0.25, -0.2) is 0 Å². The quantitative estimate of drug-likeness (QED) is 0.868. The number of carbonyl (C=O) groups is 1. The van der Waals surface area contributed by atoms with E-state index in [1.807, 2.05) is 7.05 Å². The van der Waals surface area contributed by atoms with Gasteiger partial charge in [0.2, 0.25) is 0 Å². The minimum atomic E-state index is -0.424. The predicted molar refractivity (Wildman–Crippen MR) is 72.9 cm³/mol. The molecule has 1 aromatic rings. The third kappa shape index (κ3) is 2.67. The molecule has 1 aliphatic heterocycles. The van der Waals surface area contributed by atoms with Crippen molar-refractivity contribution in [3.63, 3.8) is 0 Å². The van der Waals surface area contributed by atoms with Gasteiger partial charge in [-0.2, -0.15) is 5.10 Å². The molecule has 0 saturated heterocycles. The minimum Gasteiger partial charge on any atom is -0.364 e. The molecule has 102 valence electrons. The van der Waals surface area contributed by atoms with Crippen LogP contribution >= 0.6 is 12.4 Å². The van der Waals surface area contributed by atoms with Crippen molar-refractivity contribution in [3.8, 4) is 0 Å². The van der Waals surface area contributed by atoms with Crippen LogP contribution in [0.4, 0.5) is 0 Å².